The zero-order valence-corrected chi connectivity index (χ0v) is 13.0. The van der Waals surface area contributed by atoms with E-state index >= 15 is 0 Å². The van der Waals surface area contributed by atoms with Crippen molar-refractivity contribution < 1.29 is 0 Å². The van der Waals surface area contributed by atoms with E-state index in [1.165, 1.54) is 68.8 Å². The van der Waals surface area contributed by atoms with Crippen LogP contribution in [-0.2, 0) is 0 Å². The molecule has 0 heterocycles. The molecule has 0 aliphatic heterocycles. The molecule has 0 fully saturated rings. The Kier molecular flexibility index (Phi) is 21.0. The van der Waals surface area contributed by atoms with Crippen LogP contribution in [0.15, 0.2) is 0 Å². The molecule has 0 rings (SSSR count). The molecule has 0 amide bonds. The van der Waals surface area contributed by atoms with Crippen molar-refractivity contribution in [2.75, 3.05) is 0 Å². The van der Waals surface area contributed by atoms with Crippen LogP contribution in [-0.4, -0.2) is 21.7 Å². The smallest absolute Gasteiger partial charge is 0.177 e. The standard InChI is InChI=1S/C12H25.BrH.Mg/c1-3-5-7-9-11-12-10-8-6-4-2;;/h1,3-12H2,2H3;1H;. The molecule has 1 radical (unpaired) electrons. The summed E-state index contributed by atoms with van der Waals surface area (Å²) in [5.74, 6) is 0. The molecule has 0 saturated heterocycles. The Morgan fingerprint density at radius 3 is 1.36 bits per heavy atom. The van der Waals surface area contributed by atoms with Crippen molar-refractivity contribution in [1.29, 1.82) is 0 Å². The Hall–Kier alpha value is 1.25. The Morgan fingerprint density at radius 2 is 1.00 bits per heavy atom. The highest BCUT2D eigenvalue weighted by molar-refractivity contribution is 8.93. The Labute approximate surface area is 114 Å². The summed E-state index contributed by atoms with van der Waals surface area (Å²) in [6.45, 7) is 2.28. The Balaban J connectivity index is 0. The molecule has 14 heavy (non-hydrogen) atoms. The molecule has 0 aliphatic carbocycles. The molecule has 0 spiro atoms. The van der Waals surface area contributed by atoms with Gasteiger partial charge in [0.15, 0.2) is 0 Å². The topological polar surface area (TPSA) is 0 Å². The van der Waals surface area contributed by atoms with Gasteiger partial charge in [-0.3, -0.25) is 0 Å². The second kappa shape index (κ2) is 16.7. The molecule has 0 N–H and O–H groups in total. The summed E-state index contributed by atoms with van der Waals surface area (Å²) in [6, 6.07) is 0. The fourth-order valence-corrected chi connectivity index (χ4v) is 2.02. The van der Waals surface area contributed by atoms with E-state index in [0.717, 1.165) is 0 Å². The van der Waals surface area contributed by atoms with Crippen LogP contribution in [0.3, 0.4) is 0 Å². The van der Waals surface area contributed by atoms with Gasteiger partial charge >= 0.3 is 0 Å². The first-order valence-corrected chi connectivity index (χ1v) is 7.21. The third-order valence-electron chi connectivity index (χ3n) is 2.60. The Morgan fingerprint density at radius 1 is 0.643 bits per heavy atom. The van der Waals surface area contributed by atoms with Crippen LogP contribution in [0.1, 0.15) is 71.1 Å². The number of unbranched alkanes of at least 4 members (excludes halogenated alkanes) is 9. The van der Waals surface area contributed by atoms with Crippen molar-refractivity contribution in [3.8, 4) is 0 Å². The lowest BCUT2D eigenvalue weighted by atomic mass is 10.1. The average molecular weight is 275 g/mol. The van der Waals surface area contributed by atoms with Gasteiger partial charge in [-0.2, -0.15) is 4.55 Å². The highest BCUT2D eigenvalue weighted by Gasteiger charge is 1.90. The quantitative estimate of drug-likeness (QED) is 0.385. The number of rotatable bonds is 10. The predicted octanol–water partition coefficient (Wildman–Crippen LogP) is 5.07. The molecule has 0 bridgehead atoms. The molecular weight excluding hydrogens is 248 g/mol. The van der Waals surface area contributed by atoms with Crippen molar-refractivity contribution in [2.24, 2.45) is 0 Å². The lowest BCUT2D eigenvalue weighted by molar-refractivity contribution is 0.562. The van der Waals surface area contributed by atoms with Crippen LogP contribution in [0.25, 0.3) is 0 Å². The van der Waals surface area contributed by atoms with Crippen molar-refractivity contribution in [1.82, 2.24) is 0 Å². The fraction of sp³-hybridized carbons (Fsp3) is 1.00. The number of hydrogen-bond donors (Lipinski definition) is 0. The van der Waals surface area contributed by atoms with E-state index in [1.807, 2.05) is 0 Å². The summed E-state index contributed by atoms with van der Waals surface area (Å²) in [6.07, 6.45) is 14.6. The maximum atomic E-state index is 2.28. The van der Waals surface area contributed by atoms with Gasteiger partial charge in [-0.15, -0.1) is 17.0 Å². The van der Waals surface area contributed by atoms with Gasteiger partial charge in [-0.25, -0.2) is 0 Å². The predicted molar refractivity (Wildman–Crippen MR) is 72.7 cm³/mol. The largest absolute Gasteiger partial charge is 0.222 e. The molecule has 0 aromatic heterocycles. The van der Waals surface area contributed by atoms with Crippen LogP contribution in [0, 0.1) is 0 Å². The van der Waals surface area contributed by atoms with Gasteiger partial charge in [-0.1, -0.05) is 71.1 Å². The lowest BCUT2D eigenvalue weighted by Gasteiger charge is -2.01. The molecule has 0 aromatic carbocycles. The van der Waals surface area contributed by atoms with Gasteiger partial charge < -0.3 is 0 Å². The molecule has 0 atom stereocenters. The van der Waals surface area contributed by atoms with Crippen LogP contribution < -0.4 is 0 Å². The van der Waals surface area contributed by atoms with Crippen molar-refractivity contribution in [3.63, 3.8) is 0 Å². The maximum absolute atomic E-state index is 2.28. The summed E-state index contributed by atoms with van der Waals surface area (Å²) < 4.78 is 1.40. The number of hydrogen-bond acceptors (Lipinski definition) is 0. The third kappa shape index (κ3) is 15.7. The minimum atomic E-state index is 0. The summed E-state index contributed by atoms with van der Waals surface area (Å²) in [4.78, 5) is 0. The molecule has 83 valence electrons. The van der Waals surface area contributed by atoms with Gasteiger partial charge in [0.05, 0.1) is 0 Å². The average Bonchev–Trinajstić information content (AvgIpc) is 2.16. The van der Waals surface area contributed by atoms with Crippen LogP contribution in [0.4, 0.5) is 0 Å². The molecule has 0 nitrogen and oxygen atoms in total. The van der Waals surface area contributed by atoms with E-state index in [9.17, 15) is 0 Å². The summed E-state index contributed by atoms with van der Waals surface area (Å²) in [5.41, 5.74) is 0. The molecular formula is C12H26BrMg. The van der Waals surface area contributed by atoms with E-state index in [-0.39, 0.29) is 17.0 Å². The minimum Gasteiger partial charge on any atom is -0.177 e. The highest BCUT2D eigenvalue weighted by Crippen LogP contribution is 2.10. The van der Waals surface area contributed by atoms with Gasteiger partial charge in [-0.05, 0) is 0 Å². The van der Waals surface area contributed by atoms with Crippen molar-refractivity contribution in [2.45, 2.75) is 75.7 Å². The lowest BCUT2D eigenvalue weighted by Crippen LogP contribution is -1.81. The van der Waals surface area contributed by atoms with Gasteiger partial charge in [0.1, 0.15) is 0 Å². The summed E-state index contributed by atoms with van der Waals surface area (Å²) in [7, 11) is 0. The van der Waals surface area contributed by atoms with Crippen LogP contribution in [0.5, 0.6) is 0 Å². The molecule has 0 aliphatic rings. The second-order valence-corrected chi connectivity index (χ2v) is 4.74. The summed E-state index contributed by atoms with van der Waals surface area (Å²) in [5, 5.41) is 0. The normalized spacial score (nSPS) is 9.71. The van der Waals surface area contributed by atoms with E-state index in [0.29, 0.717) is 0 Å². The zero-order valence-electron chi connectivity index (χ0n) is 9.89. The Bertz CT molecular complexity index is 76.4. The van der Waals surface area contributed by atoms with Gasteiger partial charge in [0.2, 0.25) is 21.7 Å². The first kappa shape index (κ1) is 17.6. The first-order valence-electron chi connectivity index (χ1n) is 6.21. The zero-order chi connectivity index (χ0) is 9.78. The highest BCUT2D eigenvalue weighted by atomic mass is 79.9. The van der Waals surface area contributed by atoms with E-state index < -0.39 is 0 Å². The second-order valence-electron chi connectivity index (χ2n) is 4.04. The van der Waals surface area contributed by atoms with E-state index in [4.69, 9.17) is 0 Å². The van der Waals surface area contributed by atoms with Crippen LogP contribution >= 0.6 is 17.0 Å². The molecule has 0 saturated carbocycles. The first-order chi connectivity index (χ1) is 6.41. The minimum absolute atomic E-state index is 0. The van der Waals surface area contributed by atoms with Gasteiger partial charge in [0.25, 0.3) is 0 Å². The SMILES string of the molecule is Br.CCCCCCCCCCC[CH2][Mg]. The van der Waals surface area contributed by atoms with Crippen LogP contribution in [0.2, 0.25) is 4.55 Å². The third-order valence-corrected chi connectivity index (χ3v) is 3.10. The van der Waals surface area contributed by atoms with E-state index in [2.05, 4.69) is 28.6 Å². The molecule has 0 unspecified atom stereocenters. The maximum Gasteiger partial charge on any atom is 0.222 e. The molecule has 0 aromatic rings. The molecule has 2 heteroatoms. The summed E-state index contributed by atoms with van der Waals surface area (Å²) >= 11 is 2.11. The van der Waals surface area contributed by atoms with Gasteiger partial charge in [0, 0.05) is 0 Å². The van der Waals surface area contributed by atoms with E-state index in [1.54, 1.807) is 0 Å². The van der Waals surface area contributed by atoms with Crippen molar-refractivity contribution in [3.05, 3.63) is 0 Å². The fourth-order valence-electron chi connectivity index (χ4n) is 1.66. The number of halogens is 1. The monoisotopic (exact) mass is 273 g/mol. The van der Waals surface area contributed by atoms with Crippen molar-refractivity contribution >= 4 is 38.7 Å².